The molecule has 4 rings (SSSR count). The molecule has 3 aliphatic rings. The molecule has 1 aromatic rings. The molecule has 4 amide bonds. The minimum absolute atomic E-state index is 0.140. The standard InChI is InChI=1S/C22H23N3O4/c1-29-17-9-6-14(7-10-17)13-25-21(27)18-11-8-15(12-19(18)24-22(25)28)20(26)23-16-4-2-3-5-16/h6-12,16,18H,2-5,13H2,1H3,(H,23,26). The van der Waals surface area contributed by atoms with Crippen molar-refractivity contribution in [2.24, 2.45) is 10.9 Å². The van der Waals surface area contributed by atoms with E-state index in [1.54, 1.807) is 49.6 Å². The van der Waals surface area contributed by atoms with Crippen LogP contribution in [0.2, 0.25) is 0 Å². The lowest BCUT2D eigenvalue weighted by Gasteiger charge is -2.29. The van der Waals surface area contributed by atoms with Crippen LogP contribution in [0.3, 0.4) is 0 Å². The Morgan fingerprint density at radius 1 is 1.21 bits per heavy atom. The fourth-order valence-electron chi connectivity index (χ4n) is 3.88. The van der Waals surface area contributed by atoms with E-state index in [1.165, 1.54) is 0 Å². The summed E-state index contributed by atoms with van der Waals surface area (Å²) in [4.78, 5) is 43.0. The molecule has 1 unspecified atom stereocenters. The van der Waals surface area contributed by atoms with Gasteiger partial charge in [-0.05, 0) is 36.6 Å². The smallest absolute Gasteiger partial charge is 0.350 e. The lowest BCUT2D eigenvalue weighted by molar-refractivity contribution is -0.130. The number of carbonyl (C=O) groups is 3. The number of allylic oxidation sites excluding steroid dienone is 1. The molecular formula is C22H23N3O4. The van der Waals surface area contributed by atoms with Gasteiger partial charge in [0.15, 0.2) is 0 Å². The third kappa shape index (κ3) is 3.99. The monoisotopic (exact) mass is 393 g/mol. The average Bonchev–Trinajstić information content (AvgIpc) is 3.24. The van der Waals surface area contributed by atoms with Crippen LogP contribution < -0.4 is 10.1 Å². The predicted octanol–water partition coefficient (Wildman–Crippen LogP) is 2.77. The Labute approximate surface area is 169 Å². The van der Waals surface area contributed by atoms with E-state index in [9.17, 15) is 14.4 Å². The summed E-state index contributed by atoms with van der Waals surface area (Å²) in [5.74, 6) is -0.462. The van der Waals surface area contributed by atoms with Gasteiger partial charge in [-0.2, -0.15) is 4.99 Å². The average molecular weight is 393 g/mol. The Morgan fingerprint density at radius 3 is 2.62 bits per heavy atom. The normalized spacial score (nSPS) is 21.6. The van der Waals surface area contributed by atoms with Crippen molar-refractivity contribution in [3.63, 3.8) is 0 Å². The minimum Gasteiger partial charge on any atom is -0.497 e. The number of rotatable bonds is 5. The van der Waals surface area contributed by atoms with Crippen molar-refractivity contribution in [1.82, 2.24) is 10.2 Å². The molecule has 2 aliphatic carbocycles. The van der Waals surface area contributed by atoms with Crippen LogP contribution in [-0.4, -0.2) is 41.6 Å². The van der Waals surface area contributed by atoms with Gasteiger partial charge in [-0.3, -0.25) is 14.5 Å². The van der Waals surface area contributed by atoms with E-state index in [-0.39, 0.29) is 24.4 Å². The summed E-state index contributed by atoms with van der Waals surface area (Å²) in [6.45, 7) is 0.140. The molecule has 1 aromatic carbocycles. The van der Waals surface area contributed by atoms with Crippen LogP contribution in [0.5, 0.6) is 5.75 Å². The number of aliphatic imine (C=N–C) groups is 1. The summed E-state index contributed by atoms with van der Waals surface area (Å²) in [5, 5.41) is 3.01. The number of imide groups is 1. The van der Waals surface area contributed by atoms with Gasteiger partial charge in [0.25, 0.3) is 5.91 Å². The van der Waals surface area contributed by atoms with Crippen molar-refractivity contribution >= 4 is 23.6 Å². The Kier molecular flexibility index (Phi) is 5.29. The highest BCUT2D eigenvalue weighted by Crippen LogP contribution is 2.25. The van der Waals surface area contributed by atoms with Crippen LogP contribution in [0.4, 0.5) is 4.79 Å². The second kappa shape index (κ2) is 8.03. The Balaban J connectivity index is 1.49. The Morgan fingerprint density at radius 2 is 1.93 bits per heavy atom. The van der Waals surface area contributed by atoms with Crippen molar-refractivity contribution in [2.45, 2.75) is 38.3 Å². The highest BCUT2D eigenvalue weighted by Gasteiger charge is 2.37. The SMILES string of the molecule is COc1ccc(CN2C(=O)N=C3C=C(C(=O)NC4CCCC4)C=CC3C2=O)cc1. The van der Waals surface area contributed by atoms with Gasteiger partial charge in [0.05, 0.1) is 25.3 Å². The van der Waals surface area contributed by atoms with E-state index in [0.717, 1.165) is 36.1 Å². The largest absolute Gasteiger partial charge is 0.497 e. The summed E-state index contributed by atoms with van der Waals surface area (Å²) in [7, 11) is 1.58. The molecule has 0 saturated heterocycles. The number of nitrogens with zero attached hydrogens (tertiary/aromatic N) is 2. The van der Waals surface area contributed by atoms with Crippen LogP contribution in [0.1, 0.15) is 31.2 Å². The van der Waals surface area contributed by atoms with Gasteiger partial charge in [-0.1, -0.05) is 37.1 Å². The Hall–Kier alpha value is -3.22. The number of urea groups is 1. The fraction of sp³-hybridized carbons (Fsp3) is 0.364. The van der Waals surface area contributed by atoms with Crippen molar-refractivity contribution in [2.75, 3.05) is 7.11 Å². The quantitative estimate of drug-likeness (QED) is 0.833. The zero-order valence-electron chi connectivity index (χ0n) is 16.3. The lowest BCUT2D eigenvalue weighted by atomic mass is 9.91. The number of benzene rings is 1. The van der Waals surface area contributed by atoms with Crippen molar-refractivity contribution in [3.8, 4) is 5.75 Å². The van der Waals surface area contributed by atoms with Gasteiger partial charge < -0.3 is 10.1 Å². The first-order valence-electron chi connectivity index (χ1n) is 9.83. The topological polar surface area (TPSA) is 88.1 Å². The first-order chi connectivity index (χ1) is 14.0. The maximum atomic E-state index is 12.9. The number of nitrogens with one attached hydrogen (secondary N) is 1. The van der Waals surface area contributed by atoms with E-state index >= 15 is 0 Å². The van der Waals surface area contributed by atoms with Gasteiger partial charge in [0.1, 0.15) is 5.75 Å². The third-order valence-corrected chi connectivity index (χ3v) is 5.53. The van der Waals surface area contributed by atoms with Crippen LogP contribution in [0, 0.1) is 5.92 Å². The predicted molar refractivity (Wildman–Crippen MR) is 107 cm³/mol. The molecule has 29 heavy (non-hydrogen) atoms. The highest BCUT2D eigenvalue weighted by atomic mass is 16.5. The molecule has 1 atom stereocenters. The van der Waals surface area contributed by atoms with Crippen LogP contribution in [0.25, 0.3) is 0 Å². The van der Waals surface area contributed by atoms with E-state index < -0.39 is 11.9 Å². The molecule has 1 fully saturated rings. The number of amides is 4. The first kappa shape index (κ1) is 19.1. The van der Waals surface area contributed by atoms with E-state index in [4.69, 9.17) is 4.74 Å². The molecule has 0 aromatic heterocycles. The van der Waals surface area contributed by atoms with Crippen molar-refractivity contribution in [3.05, 3.63) is 53.6 Å². The highest BCUT2D eigenvalue weighted by molar-refractivity contribution is 6.23. The summed E-state index contributed by atoms with van der Waals surface area (Å²) in [6, 6.07) is 6.76. The molecule has 1 saturated carbocycles. The molecule has 150 valence electrons. The molecule has 0 bridgehead atoms. The lowest BCUT2D eigenvalue weighted by Crippen LogP contribution is -2.46. The number of methoxy groups -OCH3 is 1. The second-order valence-electron chi connectivity index (χ2n) is 7.48. The summed E-state index contributed by atoms with van der Waals surface area (Å²) in [5.41, 5.74) is 1.55. The van der Waals surface area contributed by atoms with E-state index in [0.29, 0.717) is 17.0 Å². The molecule has 0 radical (unpaired) electrons. The van der Waals surface area contributed by atoms with Crippen LogP contribution >= 0.6 is 0 Å². The van der Waals surface area contributed by atoms with Gasteiger partial charge in [0, 0.05) is 11.6 Å². The molecular weight excluding hydrogens is 370 g/mol. The fourth-order valence-corrected chi connectivity index (χ4v) is 3.88. The summed E-state index contributed by atoms with van der Waals surface area (Å²) in [6.07, 6.45) is 9.08. The maximum absolute atomic E-state index is 12.9. The van der Waals surface area contributed by atoms with Crippen molar-refractivity contribution in [1.29, 1.82) is 0 Å². The molecule has 7 nitrogen and oxygen atoms in total. The molecule has 7 heteroatoms. The third-order valence-electron chi connectivity index (χ3n) is 5.53. The second-order valence-corrected chi connectivity index (χ2v) is 7.48. The van der Waals surface area contributed by atoms with Gasteiger partial charge in [0.2, 0.25) is 5.91 Å². The summed E-state index contributed by atoms with van der Waals surface area (Å²) < 4.78 is 5.13. The van der Waals surface area contributed by atoms with Crippen molar-refractivity contribution < 1.29 is 19.1 Å². The number of ether oxygens (including phenoxy) is 1. The van der Waals surface area contributed by atoms with Gasteiger partial charge in [-0.15, -0.1) is 0 Å². The Bertz CT molecular complexity index is 924. The molecule has 1 heterocycles. The number of hydrogen-bond donors (Lipinski definition) is 1. The minimum atomic E-state index is -0.644. The number of hydrogen-bond acceptors (Lipinski definition) is 4. The van der Waals surface area contributed by atoms with Gasteiger partial charge in [-0.25, -0.2) is 4.79 Å². The number of fused-ring (bicyclic) bond motifs is 1. The molecule has 1 N–H and O–H groups in total. The molecule has 1 aliphatic heterocycles. The van der Waals surface area contributed by atoms with Gasteiger partial charge >= 0.3 is 6.03 Å². The van der Waals surface area contributed by atoms with E-state index in [1.807, 2.05) is 0 Å². The van der Waals surface area contributed by atoms with E-state index in [2.05, 4.69) is 10.3 Å². The summed E-state index contributed by atoms with van der Waals surface area (Å²) >= 11 is 0. The first-order valence-corrected chi connectivity index (χ1v) is 9.83. The van der Waals surface area contributed by atoms with Crippen LogP contribution in [-0.2, 0) is 16.1 Å². The zero-order valence-corrected chi connectivity index (χ0v) is 16.3. The van der Waals surface area contributed by atoms with Crippen LogP contribution in [0.15, 0.2) is 53.1 Å². The molecule has 0 spiro atoms. The maximum Gasteiger partial charge on any atom is 0.350 e. The number of carbonyl (C=O) groups excluding carboxylic acids is 3. The zero-order chi connectivity index (χ0) is 20.4.